The van der Waals surface area contributed by atoms with Crippen LogP contribution >= 0.6 is 0 Å². The summed E-state index contributed by atoms with van der Waals surface area (Å²) >= 11 is 0. The number of carbonyl (C=O) groups is 1. The Kier molecular flexibility index (Phi) is 3.21. The number of nitrogens with zero attached hydrogens (tertiary/aromatic N) is 6. The fourth-order valence-electron chi connectivity index (χ4n) is 1.28. The molecule has 92 valence electrons. The second-order valence-electron chi connectivity index (χ2n) is 3.06. The van der Waals surface area contributed by atoms with Crippen LogP contribution in [0.15, 0.2) is 11.2 Å². The molecule has 0 unspecified atom stereocenters. The van der Waals surface area contributed by atoms with Gasteiger partial charge in [-0.05, 0) is 18.5 Å². The Labute approximate surface area is 100.0 Å². The Hall–Kier alpha value is -2.87. The van der Waals surface area contributed by atoms with E-state index in [0.717, 1.165) is 0 Å². The van der Waals surface area contributed by atoms with E-state index in [9.17, 15) is 4.79 Å². The first kappa shape index (κ1) is 11.6. The zero-order valence-corrected chi connectivity index (χ0v) is 9.28. The number of aromatic amines is 1. The average Bonchev–Trinajstić information content (AvgIpc) is 2.78. The molecule has 2 heterocycles. The first-order valence-corrected chi connectivity index (χ1v) is 4.95. The smallest absolute Gasteiger partial charge is 0.412 e. The van der Waals surface area contributed by atoms with Crippen molar-refractivity contribution in [2.75, 3.05) is 11.9 Å². The molecule has 0 atom stereocenters. The van der Waals surface area contributed by atoms with Crippen molar-refractivity contribution in [2.24, 2.45) is 5.11 Å². The van der Waals surface area contributed by atoms with Crippen LogP contribution in [-0.2, 0) is 4.74 Å². The molecule has 0 saturated carbocycles. The third-order valence-corrected chi connectivity index (χ3v) is 1.93. The maximum absolute atomic E-state index is 11.2. The lowest BCUT2D eigenvalue weighted by Crippen LogP contribution is -2.14. The number of anilines is 1. The van der Waals surface area contributed by atoms with Crippen molar-refractivity contribution < 1.29 is 9.53 Å². The second-order valence-corrected chi connectivity index (χ2v) is 3.06. The molecular formula is C8H8N8O2. The van der Waals surface area contributed by atoms with Crippen LogP contribution in [0, 0.1) is 0 Å². The summed E-state index contributed by atoms with van der Waals surface area (Å²) < 4.78 is 4.70. The monoisotopic (exact) mass is 248 g/mol. The molecule has 0 spiro atoms. The minimum absolute atomic E-state index is 0.164. The summed E-state index contributed by atoms with van der Waals surface area (Å²) in [6.07, 6.45) is -0.653. The minimum atomic E-state index is -0.653. The molecule has 0 saturated heterocycles. The molecule has 10 nitrogen and oxygen atoms in total. The molecule has 2 aromatic rings. The van der Waals surface area contributed by atoms with Gasteiger partial charge in [0.2, 0.25) is 5.65 Å². The van der Waals surface area contributed by atoms with E-state index >= 15 is 0 Å². The van der Waals surface area contributed by atoms with E-state index in [4.69, 9.17) is 10.3 Å². The lowest BCUT2D eigenvalue weighted by atomic mass is 10.3. The number of ether oxygens (including phenoxy) is 1. The summed E-state index contributed by atoms with van der Waals surface area (Å²) in [7, 11) is 0. The molecular weight excluding hydrogens is 240 g/mol. The third kappa shape index (κ3) is 2.28. The zero-order chi connectivity index (χ0) is 13.0. The largest absolute Gasteiger partial charge is 0.450 e. The van der Waals surface area contributed by atoms with Crippen molar-refractivity contribution in [1.82, 2.24) is 20.4 Å². The molecule has 0 bridgehead atoms. The summed E-state index contributed by atoms with van der Waals surface area (Å²) in [6.45, 7) is 1.92. The molecule has 0 aromatic carbocycles. The van der Waals surface area contributed by atoms with Crippen LogP contribution in [0.25, 0.3) is 21.6 Å². The number of hydrogen-bond acceptors (Lipinski definition) is 6. The molecule has 0 aliphatic carbocycles. The summed E-state index contributed by atoms with van der Waals surface area (Å²) in [5.74, 6) is 0.164. The molecule has 10 heteroatoms. The van der Waals surface area contributed by atoms with Gasteiger partial charge in [0, 0.05) is 4.91 Å². The van der Waals surface area contributed by atoms with Crippen LogP contribution in [-0.4, -0.2) is 33.1 Å². The van der Waals surface area contributed by atoms with Gasteiger partial charge in [-0.25, -0.2) is 9.78 Å². The van der Waals surface area contributed by atoms with Gasteiger partial charge in [0.15, 0.2) is 0 Å². The molecule has 18 heavy (non-hydrogen) atoms. The highest BCUT2D eigenvalue weighted by molar-refractivity contribution is 5.89. The Balaban J connectivity index is 2.39. The maximum atomic E-state index is 11.2. The SMILES string of the molecule is CCOC(=O)Nc1cc(N=[N+]=[N-])c2n[nH]nc2n1. The Morgan fingerprint density at radius 1 is 1.67 bits per heavy atom. The van der Waals surface area contributed by atoms with Gasteiger partial charge < -0.3 is 4.74 Å². The number of H-pyrrole nitrogens is 1. The van der Waals surface area contributed by atoms with Crippen LogP contribution in [0.1, 0.15) is 6.92 Å². The van der Waals surface area contributed by atoms with E-state index in [1.165, 1.54) is 6.07 Å². The predicted molar refractivity (Wildman–Crippen MR) is 61.1 cm³/mol. The number of azide groups is 1. The minimum Gasteiger partial charge on any atom is -0.450 e. The molecule has 0 radical (unpaired) electrons. The highest BCUT2D eigenvalue weighted by Crippen LogP contribution is 2.24. The number of fused-ring (bicyclic) bond motifs is 1. The highest BCUT2D eigenvalue weighted by Gasteiger charge is 2.10. The van der Waals surface area contributed by atoms with Crippen LogP contribution in [0.3, 0.4) is 0 Å². The number of amides is 1. The summed E-state index contributed by atoms with van der Waals surface area (Å²) in [5.41, 5.74) is 9.20. The van der Waals surface area contributed by atoms with Crippen molar-refractivity contribution in [1.29, 1.82) is 0 Å². The zero-order valence-electron chi connectivity index (χ0n) is 9.28. The van der Waals surface area contributed by atoms with Gasteiger partial charge in [-0.15, -0.1) is 5.10 Å². The van der Waals surface area contributed by atoms with Crippen LogP contribution in [0.5, 0.6) is 0 Å². The first-order chi connectivity index (χ1) is 8.74. The number of nitrogens with one attached hydrogen (secondary N) is 2. The van der Waals surface area contributed by atoms with Gasteiger partial charge in [-0.1, -0.05) is 5.11 Å². The van der Waals surface area contributed by atoms with Crippen molar-refractivity contribution in [3.05, 3.63) is 16.5 Å². The molecule has 0 aliphatic heterocycles. The fourth-order valence-corrected chi connectivity index (χ4v) is 1.28. The standard InChI is InChI=1S/C8H8N8O2/c1-2-18-8(17)11-5-3-4(12-15-9)6-7(10-5)14-16-13-6/h3H,2H2,1H3,(H2,10,11,13,14,16,17). The first-order valence-electron chi connectivity index (χ1n) is 4.95. The molecule has 0 aliphatic rings. The summed E-state index contributed by atoms with van der Waals surface area (Å²) in [6, 6.07) is 1.38. The average molecular weight is 248 g/mol. The quantitative estimate of drug-likeness (QED) is 0.484. The van der Waals surface area contributed by atoms with Crippen LogP contribution < -0.4 is 5.32 Å². The van der Waals surface area contributed by atoms with Crippen molar-refractivity contribution in [2.45, 2.75) is 6.92 Å². The molecule has 2 rings (SSSR count). The van der Waals surface area contributed by atoms with E-state index in [0.29, 0.717) is 5.52 Å². The second kappa shape index (κ2) is 4.97. The van der Waals surface area contributed by atoms with E-state index in [1.54, 1.807) is 6.92 Å². The third-order valence-electron chi connectivity index (χ3n) is 1.93. The van der Waals surface area contributed by atoms with Crippen molar-refractivity contribution in [3.8, 4) is 0 Å². The van der Waals surface area contributed by atoms with E-state index in [2.05, 4.69) is 35.7 Å². The van der Waals surface area contributed by atoms with Gasteiger partial charge >= 0.3 is 6.09 Å². The van der Waals surface area contributed by atoms with Crippen molar-refractivity contribution >= 4 is 28.8 Å². The molecule has 1 amide bonds. The predicted octanol–water partition coefficient (Wildman–Crippen LogP) is 1.86. The van der Waals surface area contributed by atoms with Gasteiger partial charge in [0.25, 0.3) is 0 Å². The van der Waals surface area contributed by atoms with Gasteiger partial charge in [0.1, 0.15) is 11.3 Å². The van der Waals surface area contributed by atoms with Crippen LogP contribution in [0.4, 0.5) is 16.3 Å². The number of pyridine rings is 1. The van der Waals surface area contributed by atoms with E-state index in [-0.39, 0.29) is 23.8 Å². The number of carbonyl (C=O) groups excluding carboxylic acids is 1. The molecule has 0 fully saturated rings. The normalized spacial score (nSPS) is 9.83. The van der Waals surface area contributed by atoms with E-state index < -0.39 is 6.09 Å². The number of aromatic nitrogens is 4. The summed E-state index contributed by atoms with van der Waals surface area (Å²) in [4.78, 5) is 17.9. The van der Waals surface area contributed by atoms with E-state index in [1.807, 2.05) is 0 Å². The Bertz CT molecular complexity index is 629. The topological polar surface area (TPSA) is 142 Å². The maximum Gasteiger partial charge on any atom is 0.412 e. The molecule has 2 N–H and O–H groups in total. The fraction of sp³-hybridized carbons (Fsp3) is 0.250. The van der Waals surface area contributed by atoms with Crippen LogP contribution in [0.2, 0.25) is 0 Å². The lowest BCUT2D eigenvalue weighted by Gasteiger charge is -2.04. The summed E-state index contributed by atoms with van der Waals surface area (Å²) in [5, 5.41) is 15.7. The van der Waals surface area contributed by atoms with Gasteiger partial charge in [-0.3, -0.25) is 5.32 Å². The number of rotatable bonds is 3. The van der Waals surface area contributed by atoms with Gasteiger partial charge in [0.05, 0.1) is 12.3 Å². The molecule has 2 aromatic heterocycles. The Morgan fingerprint density at radius 3 is 3.22 bits per heavy atom. The lowest BCUT2D eigenvalue weighted by molar-refractivity contribution is 0.168. The highest BCUT2D eigenvalue weighted by atomic mass is 16.5. The number of hydrogen-bond donors (Lipinski definition) is 2. The van der Waals surface area contributed by atoms with Gasteiger partial charge in [-0.2, -0.15) is 10.3 Å². The Morgan fingerprint density at radius 2 is 2.50 bits per heavy atom. The van der Waals surface area contributed by atoms with Crippen molar-refractivity contribution in [3.63, 3.8) is 0 Å².